The van der Waals surface area contributed by atoms with Crippen molar-refractivity contribution in [2.24, 2.45) is 4.99 Å². The second-order valence-electron chi connectivity index (χ2n) is 4.12. The summed E-state index contributed by atoms with van der Waals surface area (Å²) in [5.74, 6) is 1.01. The van der Waals surface area contributed by atoms with E-state index in [0.29, 0.717) is 0 Å². The second kappa shape index (κ2) is 4.06. The zero-order chi connectivity index (χ0) is 10.9. The molecule has 0 fully saturated rings. The number of benzene rings is 1. The van der Waals surface area contributed by atoms with E-state index in [1.165, 1.54) is 0 Å². The minimum Gasteiger partial charge on any atom is -0.334 e. The van der Waals surface area contributed by atoms with E-state index in [-0.39, 0.29) is 5.54 Å². The third-order valence-electron chi connectivity index (χ3n) is 2.08. The molecule has 1 aromatic rings. The van der Waals surface area contributed by atoms with Crippen molar-refractivity contribution in [3.63, 3.8) is 0 Å². The fourth-order valence-corrected chi connectivity index (χ4v) is 2.56. The summed E-state index contributed by atoms with van der Waals surface area (Å²) in [6.45, 7) is 4.25. The monoisotopic (exact) mass is 240 g/mol. The molecule has 1 aliphatic rings. The highest BCUT2D eigenvalue weighted by Crippen LogP contribution is 2.29. The molecule has 0 saturated carbocycles. The number of aliphatic imine (C=N–C) groups is 1. The smallest absolute Gasteiger partial charge is 0.161 e. The highest BCUT2D eigenvalue weighted by atomic mass is 35.5. The van der Waals surface area contributed by atoms with E-state index in [2.05, 4.69) is 24.2 Å². The van der Waals surface area contributed by atoms with Crippen LogP contribution in [0.25, 0.3) is 0 Å². The molecule has 80 valence electrons. The molecule has 1 heterocycles. The predicted octanol–water partition coefficient (Wildman–Crippen LogP) is 3.63. The van der Waals surface area contributed by atoms with Gasteiger partial charge in [-0.2, -0.15) is 0 Å². The number of hydrogen-bond acceptors (Lipinski definition) is 3. The van der Waals surface area contributed by atoms with E-state index in [9.17, 15) is 0 Å². The Morgan fingerprint density at radius 2 is 2.13 bits per heavy atom. The molecule has 1 aromatic carbocycles. The van der Waals surface area contributed by atoms with Crippen LogP contribution in [0.4, 0.5) is 5.69 Å². The molecule has 0 aromatic heterocycles. The second-order valence-corrected chi connectivity index (χ2v) is 5.49. The Hall–Kier alpha value is -0.670. The molecule has 0 amide bonds. The third-order valence-corrected chi connectivity index (χ3v) is 3.73. The average Bonchev–Trinajstić information content (AvgIpc) is 2.50. The van der Waals surface area contributed by atoms with Gasteiger partial charge in [0.1, 0.15) is 0 Å². The summed E-state index contributed by atoms with van der Waals surface area (Å²) in [5, 5.41) is 4.93. The Morgan fingerprint density at radius 3 is 2.73 bits per heavy atom. The van der Waals surface area contributed by atoms with Crippen LogP contribution >= 0.6 is 23.4 Å². The van der Waals surface area contributed by atoms with Crippen LogP contribution < -0.4 is 5.32 Å². The van der Waals surface area contributed by atoms with Crippen molar-refractivity contribution < 1.29 is 0 Å². The fourth-order valence-electron chi connectivity index (χ4n) is 1.33. The summed E-state index contributed by atoms with van der Waals surface area (Å²) >= 11 is 7.78. The molecule has 0 radical (unpaired) electrons. The maximum Gasteiger partial charge on any atom is 0.161 e. The summed E-state index contributed by atoms with van der Waals surface area (Å²) in [7, 11) is 0. The predicted molar refractivity (Wildman–Crippen MR) is 69.0 cm³/mol. The SMILES string of the molecule is CC1(C)CSC(Nc2ccccc2Cl)=N1. The van der Waals surface area contributed by atoms with Crippen molar-refractivity contribution >= 4 is 34.2 Å². The quantitative estimate of drug-likeness (QED) is 0.811. The number of nitrogens with zero attached hydrogens (tertiary/aromatic N) is 1. The van der Waals surface area contributed by atoms with Crippen LogP contribution in [0.5, 0.6) is 0 Å². The standard InChI is InChI=1S/C11H13ClN2S/c1-11(2)7-15-10(14-11)13-9-6-4-3-5-8(9)12/h3-6H,7H2,1-2H3,(H,13,14). The number of rotatable bonds is 1. The lowest BCUT2D eigenvalue weighted by Crippen LogP contribution is -2.15. The number of hydrogen-bond donors (Lipinski definition) is 1. The molecule has 0 aliphatic carbocycles. The van der Waals surface area contributed by atoms with Crippen LogP contribution in [0.15, 0.2) is 29.3 Å². The maximum atomic E-state index is 6.05. The average molecular weight is 241 g/mol. The van der Waals surface area contributed by atoms with Gasteiger partial charge in [-0.3, -0.25) is 4.99 Å². The van der Waals surface area contributed by atoms with E-state index in [0.717, 1.165) is 21.6 Å². The van der Waals surface area contributed by atoms with Crippen LogP contribution in [-0.4, -0.2) is 16.5 Å². The zero-order valence-corrected chi connectivity index (χ0v) is 10.3. The van der Waals surface area contributed by atoms with Crippen molar-refractivity contribution in [3.05, 3.63) is 29.3 Å². The molecule has 15 heavy (non-hydrogen) atoms. The van der Waals surface area contributed by atoms with Gasteiger partial charge >= 0.3 is 0 Å². The lowest BCUT2D eigenvalue weighted by atomic mass is 10.1. The first-order valence-electron chi connectivity index (χ1n) is 4.81. The Labute approximate surface area is 99.1 Å². The molecular formula is C11H13ClN2S. The van der Waals surface area contributed by atoms with E-state index >= 15 is 0 Å². The number of amidine groups is 1. The van der Waals surface area contributed by atoms with Gasteiger partial charge in [0.15, 0.2) is 5.17 Å². The highest BCUT2D eigenvalue weighted by molar-refractivity contribution is 8.14. The number of nitrogens with one attached hydrogen (secondary N) is 1. The number of anilines is 1. The van der Waals surface area contributed by atoms with Gasteiger partial charge in [0.25, 0.3) is 0 Å². The summed E-state index contributed by atoms with van der Waals surface area (Å²) in [5.41, 5.74) is 0.956. The number of halogens is 1. The molecule has 4 heteroatoms. The van der Waals surface area contributed by atoms with Crippen LogP contribution in [-0.2, 0) is 0 Å². The van der Waals surface area contributed by atoms with Crippen LogP contribution in [0.3, 0.4) is 0 Å². The van der Waals surface area contributed by atoms with E-state index in [4.69, 9.17) is 11.6 Å². The number of para-hydroxylation sites is 1. The Bertz CT molecular complexity index is 401. The Morgan fingerprint density at radius 1 is 1.40 bits per heavy atom. The maximum absolute atomic E-state index is 6.05. The lowest BCUT2D eigenvalue weighted by Gasteiger charge is -2.09. The normalized spacial score (nSPS) is 18.7. The van der Waals surface area contributed by atoms with Gasteiger partial charge in [-0.15, -0.1) is 0 Å². The van der Waals surface area contributed by atoms with Crippen molar-refractivity contribution in [2.45, 2.75) is 19.4 Å². The molecule has 2 rings (SSSR count). The molecule has 0 saturated heterocycles. The van der Waals surface area contributed by atoms with Gasteiger partial charge in [0, 0.05) is 5.75 Å². The van der Waals surface area contributed by atoms with Gasteiger partial charge in [0.2, 0.25) is 0 Å². The van der Waals surface area contributed by atoms with Crippen molar-refractivity contribution in [1.82, 2.24) is 0 Å². The lowest BCUT2D eigenvalue weighted by molar-refractivity contribution is 0.605. The van der Waals surface area contributed by atoms with Crippen LogP contribution in [0, 0.1) is 0 Å². The zero-order valence-electron chi connectivity index (χ0n) is 8.75. The molecule has 1 N–H and O–H groups in total. The first-order valence-corrected chi connectivity index (χ1v) is 6.17. The molecule has 2 nitrogen and oxygen atoms in total. The van der Waals surface area contributed by atoms with E-state index in [1.54, 1.807) is 11.8 Å². The van der Waals surface area contributed by atoms with Gasteiger partial charge in [-0.05, 0) is 26.0 Å². The van der Waals surface area contributed by atoms with E-state index in [1.807, 2.05) is 24.3 Å². The van der Waals surface area contributed by atoms with Gasteiger partial charge in [-0.1, -0.05) is 35.5 Å². The van der Waals surface area contributed by atoms with Crippen molar-refractivity contribution in [2.75, 3.05) is 11.1 Å². The summed E-state index contributed by atoms with van der Waals surface area (Å²) in [6, 6.07) is 7.70. The molecule has 0 atom stereocenters. The summed E-state index contributed by atoms with van der Waals surface area (Å²) in [4.78, 5) is 4.57. The Balaban J connectivity index is 2.14. The third kappa shape index (κ3) is 2.67. The Kier molecular flexibility index (Phi) is 2.94. The first-order chi connectivity index (χ1) is 7.07. The van der Waals surface area contributed by atoms with Gasteiger partial charge in [-0.25, -0.2) is 0 Å². The fraction of sp³-hybridized carbons (Fsp3) is 0.364. The highest BCUT2D eigenvalue weighted by Gasteiger charge is 2.25. The van der Waals surface area contributed by atoms with Crippen LogP contribution in [0.2, 0.25) is 5.02 Å². The van der Waals surface area contributed by atoms with Gasteiger partial charge in [0.05, 0.1) is 16.2 Å². The topological polar surface area (TPSA) is 24.4 Å². The number of thioether (sulfide) groups is 1. The molecule has 1 aliphatic heterocycles. The van der Waals surface area contributed by atoms with Crippen molar-refractivity contribution in [1.29, 1.82) is 0 Å². The van der Waals surface area contributed by atoms with Crippen molar-refractivity contribution in [3.8, 4) is 0 Å². The first kappa shape index (κ1) is 10.8. The summed E-state index contributed by atoms with van der Waals surface area (Å²) in [6.07, 6.45) is 0. The molecule has 0 bridgehead atoms. The molecule has 0 spiro atoms. The molecule has 0 unspecified atom stereocenters. The molecular weight excluding hydrogens is 228 g/mol. The summed E-state index contributed by atoms with van der Waals surface area (Å²) < 4.78 is 0. The van der Waals surface area contributed by atoms with Gasteiger partial charge < -0.3 is 5.32 Å². The minimum atomic E-state index is 0.0360. The largest absolute Gasteiger partial charge is 0.334 e. The van der Waals surface area contributed by atoms with E-state index < -0.39 is 0 Å². The minimum absolute atomic E-state index is 0.0360. The van der Waals surface area contributed by atoms with Crippen LogP contribution in [0.1, 0.15) is 13.8 Å².